The number of rotatable bonds is 3. The van der Waals surface area contributed by atoms with E-state index in [1.165, 1.54) is 6.26 Å². The molecule has 5 heterocycles. The van der Waals surface area contributed by atoms with Crippen LogP contribution in [-0.2, 0) is 16.6 Å². The van der Waals surface area contributed by atoms with Crippen LogP contribution in [0, 0.1) is 5.92 Å². The van der Waals surface area contributed by atoms with E-state index in [0.29, 0.717) is 17.9 Å². The van der Waals surface area contributed by atoms with Crippen molar-refractivity contribution in [2.45, 2.75) is 44.0 Å². The van der Waals surface area contributed by atoms with Gasteiger partial charge in [0.25, 0.3) is 5.91 Å². The van der Waals surface area contributed by atoms with Gasteiger partial charge in [-0.05, 0) is 35.6 Å². The molecule has 4 aromatic rings. The highest BCUT2D eigenvalue weighted by atomic mass is 16.5. The first-order chi connectivity index (χ1) is 18.8. The molecular weight excluding hydrogens is 500 g/mol. The fourth-order valence-corrected chi connectivity index (χ4v) is 5.85. The largest absolute Gasteiger partial charge is 0.469 e. The van der Waals surface area contributed by atoms with Crippen molar-refractivity contribution in [3.8, 4) is 17.3 Å². The molecule has 198 valence electrons. The molecule has 11 nitrogen and oxygen atoms in total. The molecule has 3 aliphatic heterocycles. The lowest BCUT2D eigenvalue weighted by atomic mass is 9.72. The Balaban J connectivity index is 1.58. The molecule has 4 atom stereocenters. The molecular formula is C28H26N6O5. The molecule has 0 radical (unpaired) electrons. The number of primary amides is 1. The fraction of sp³-hybridized carbons (Fsp3) is 0.286. The summed E-state index contributed by atoms with van der Waals surface area (Å²) >= 11 is 0. The van der Waals surface area contributed by atoms with Crippen molar-refractivity contribution < 1.29 is 23.2 Å². The number of hydrogen-bond donors (Lipinski definition) is 4. The zero-order valence-corrected chi connectivity index (χ0v) is 21.2. The first kappa shape index (κ1) is 23.5. The zero-order valence-electron chi connectivity index (χ0n) is 21.2. The average Bonchev–Trinajstić information content (AvgIpc) is 3.67. The topological polar surface area (TPSA) is 172 Å². The summed E-state index contributed by atoms with van der Waals surface area (Å²) < 4.78 is 18.9. The molecule has 2 aromatic carbocycles. The van der Waals surface area contributed by atoms with E-state index >= 15 is 0 Å². The summed E-state index contributed by atoms with van der Waals surface area (Å²) in [5.74, 6) is 0.262. The van der Waals surface area contributed by atoms with Crippen LogP contribution >= 0.6 is 0 Å². The maximum absolute atomic E-state index is 13.2. The zero-order chi connectivity index (χ0) is 27.1. The average molecular weight is 527 g/mol. The monoisotopic (exact) mass is 526 g/mol. The van der Waals surface area contributed by atoms with Crippen molar-refractivity contribution in [1.29, 1.82) is 0 Å². The third kappa shape index (κ3) is 3.26. The Hall–Kier alpha value is -4.64. The number of nitrogens with one attached hydrogen (secondary N) is 2. The fourth-order valence-electron chi connectivity index (χ4n) is 5.85. The van der Waals surface area contributed by atoms with Gasteiger partial charge in [-0.2, -0.15) is 0 Å². The Kier molecular flexibility index (Phi) is 4.92. The van der Waals surface area contributed by atoms with Gasteiger partial charge in [-0.3, -0.25) is 9.59 Å². The van der Waals surface area contributed by atoms with Crippen molar-refractivity contribution in [2.75, 3.05) is 5.32 Å². The highest BCUT2D eigenvalue weighted by molar-refractivity contribution is 5.91. The second-order valence-corrected chi connectivity index (χ2v) is 10.5. The minimum absolute atomic E-state index is 0.0394. The van der Waals surface area contributed by atoms with E-state index in [0.717, 1.165) is 22.4 Å². The molecule has 39 heavy (non-hydrogen) atoms. The van der Waals surface area contributed by atoms with E-state index in [2.05, 4.69) is 15.6 Å². The second kappa shape index (κ2) is 8.18. The van der Waals surface area contributed by atoms with Crippen molar-refractivity contribution in [3.63, 3.8) is 0 Å². The van der Waals surface area contributed by atoms with Crippen LogP contribution in [0.1, 0.15) is 58.7 Å². The first-order valence-corrected chi connectivity index (χ1v) is 12.8. The number of para-hydroxylation sites is 1. The Morgan fingerprint density at radius 2 is 1.95 bits per heavy atom. The van der Waals surface area contributed by atoms with Crippen molar-refractivity contribution in [3.05, 3.63) is 82.8 Å². The van der Waals surface area contributed by atoms with Crippen molar-refractivity contribution >= 4 is 17.5 Å². The predicted molar refractivity (Wildman–Crippen MR) is 139 cm³/mol. The minimum Gasteiger partial charge on any atom is -0.469 e. The minimum atomic E-state index is -0.987. The van der Waals surface area contributed by atoms with Crippen LogP contribution in [0.3, 0.4) is 0 Å². The maximum atomic E-state index is 13.2. The van der Waals surface area contributed by atoms with Crippen LogP contribution < -0.4 is 26.8 Å². The van der Waals surface area contributed by atoms with E-state index in [1.54, 1.807) is 0 Å². The van der Waals surface area contributed by atoms with E-state index in [-0.39, 0.29) is 35.0 Å². The number of oxazole rings is 2. The molecule has 0 fully saturated rings. The number of aromatic nitrogens is 2. The number of fused-ring (bicyclic) bond motifs is 4. The summed E-state index contributed by atoms with van der Waals surface area (Å²) in [4.78, 5) is 34.2. The lowest BCUT2D eigenvalue weighted by molar-refractivity contribution is -0.123. The van der Waals surface area contributed by atoms with E-state index < -0.39 is 29.6 Å². The Labute approximate surface area is 222 Å². The number of anilines is 1. The highest BCUT2D eigenvalue weighted by Gasteiger charge is 2.61. The van der Waals surface area contributed by atoms with Crippen LogP contribution in [-0.4, -0.2) is 34.1 Å². The smallest absolute Gasteiger partial charge is 0.270 e. The van der Waals surface area contributed by atoms with Crippen LogP contribution in [0.15, 0.2) is 57.6 Å². The van der Waals surface area contributed by atoms with Gasteiger partial charge in [-0.25, -0.2) is 9.97 Å². The second-order valence-electron chi connectivity index (χ2n) is 10.5. The summed E-state index contributed by atoms with van der Waals surface area (Å²) in [6.45, 7) is 3.91. The van der Waals surface area contributed by atoms with Crippen LogP contribution in [0.5, 0.6) is 5.75 Å². The molecule has 0 saturated carbocycles. The number of amides is 2. The molecule has 7 rings (SSSR count). The summed E-state index contributed by atoms with van der Waals surface area (Å²) in [5, 5.41) is 6.52. The van der Waals surface area contributed by atoms with Crippen molar-refractivity contribution in [1.82, 2.24) is 15.3 Å². The van der Waals surface area contributed by atoms with Gasteiger partial charge in [-0.1, -0.05) is 44.2 Å². The van der Waals surface area contributed by atoms with Gasteiger partial charge in [-0.15, -0.1) is 0 Å². The first-order valence-electron chi connectivity index (χ1n) is 12.8. The van der Waals surface area contributed by atoms with Gasteiger partial charge < -0.3 is 35.7 Å². The van der Waals surface area contributed by atoms with E-state index in [4.69, 9.17) is 30.0 Å². The standard InChI is InChI=1S/C28H26N6O5/c1-12(2)20-26-34-21(25-31-18(11-37-25)23(30)35)22(39-26)28-14-5-3-4-6-17(14)32-27(28)38-19-8-7-13(9-15(19)28)10-16(29)24(36)33-20/h3-9,11-12,16,20,27,32H,10,29H2,1-2H3,(H2,30,35)(H,33,36)/t16-,20-,27-,28?/m0/s1. The van der Waals surface area contributed by atoms with E-state index in [1.807, 2.05) is 56.3 Å². The number of hydrogen-bond acceptors (Lipinski definition) is 9. The summed E-state index contributed by atoms with van der Waals surface area (Å²) in [5.41, 5.74) is 14.6. The Morgan fingerprint density at radius 1 is 1.13 bits per heavy atom. The summed E-state index contributed by atoms with van der Waals surface area (Å²) in [7, 11) is 0. The van der Waals surface area contributed by atoms with Gasteiger partial charge in [0.15, 0.2) is 23.4 Å². The number of benzene rings is 2. The molecule has 0 saturated heterocycles. The SMILES string of the molecule is CC(C)[C@@H]1NC(=O)[C@@H](N)Cc2ccc3c(c2)C2(c4ccccc4N[C@H]2O3)c2oc1nc2-c1nc(C(N)=O)co1. The third-order valence-corrected chi connectivity index (χ3v) is 7.73. The molecule has 1 unspecified atom stereocenters. The lowest BCUT2D eigenvalue weighted by Crippen LogP contribution is -2.45. The maximum Gasteiger partial charge on any atom is 0.270 e. The quantitative estimate of drug-likeness (QED) is 0.313. The van der Waals surface area contributed by atoms with Crippen LogP contribution in [0.4, 0.5) is 5.69 Å². The van der Waals surface area contributed by atoms with Crippen LogP contribution in [0.25, 0.3) is 11.6 Å². The van der Waals surface area contributed by atoms with Gasteiger partial charge in [0.2, 0.25) is 17.7 Å². The van der Waals surface area contributed by atoms with Crippen LogP contribution in [0.2, 0.25) is 0 Å². The lowest BCUT2D eigenvalue weighted by Gasteiger charge is -2.28. The molecule has 2 aromatic heterocycles. The summed E-state index contributed by atoms with van der Waals surface area (Å²) in [6, 6.07) is 12.3. The van der Waals surface area contributed by atoms with Crippen molar-refractivity contribution in [2.24, 2.45) is 17.4 Å². The van der Waals surface area contributed by atoms with Gasteiger partial charge in [0.05, 0.1) is 6.04 Å². The van der Waals surface area contributed by atoms with Gasteiger partial charge in [0, 0.05) is 11.3 Å². The molecule has 3 aliphatic rings. The molecule has 2 amide bonds. The number of carbonyl (C=O) groups excluding carboxylic acids is 2. The molecule has 4 bridgehead atoms. The number of ether oxygens (including phenoxy) is 1. The Morgan fingerprint density at radius 3 is 2.72 bits per heavy atom. The van der Waals surface area contributed by atoms with E-state index in [9.17, 15) is 9.59 Å². The molecule has 1 spiro atoms. The molecule has 6 N–H and O–H groups in total. The predicted octanol–water partition coefficient (Wildman–Crippen LogP) is 2.60. The molecule has 11 heteroatoms. The molecule has 0 aliphatic carbocycles. The Bertz CT molecular complexity index is 1660. The number of carbonyl (C=O) groups is 2. The third-order valence-electron chi connectivity index (χ3n) is 7.73. The number of nitrogens with two attached hydrogens (primary N) is 2. The normalized spacial score (nSPS) is 24.6. The van der Waals surface area contributed by atoms with Gasteiger partial charge >= 0.3 is 0 Å². The summed E-state index contributed by atoms with van der Waals surface area (Å²) in [6.07, 6.45) is 0.951. The highest BCUT2D eigenvalue weighted by Crippen LogP contribution is 2.59. The number of nitrogens with zero attached hydrogens (tertiary/aromatic N) is 2. The van der Waals surface area contributed by atoms with Gasteiger partial charge in [0.1, 0.15) is 23.5 Å².